The number of rotatable bonds is 3. The van der Waals surface area contributed by atoms with E-state index in [4.69, 9.17) is 4.42 Å². The summed E-state index contributed by atoms with van der Waals surface area (Å²) in [5.74, 6) is -1.17. The maximum absolute atomic E-state index is 13.3. The Bertz CT molecular complexity index is 759. The first kappa shape index (κ1) is 12.9. The van der Waals surface area contributed by atoms with Crippen LogP contribution in [0.5, 0.6) is 0 Å². The van der Waals surface area contributed by atoms with Gasteiger partial charge >= 0.3 is 0 Å². The molecule has 3 heteroatoms. The van der Waals surface area contributed by atoms with E-state index < -0.39 is 11.6 Å². The summed E-state index contributed by atoms with van der Waals surface area (Å²) >= 11 is 0. The van der Waals surface area contributed by atoms with E-state index >= 15 is 0 Å². The van der Waals surface area contributed by atoms with Crippen LogP contribution in [0.15, 0.2) is 46.9 Å². The minimum absolute atomic E-state index is 0.539. The molecule has 0 fully saturated rings. The number of hydrogen-bond donors (Lipinski definition) is 0. The van der Waals surface area contributed by atoms with Crippen LogP contribution in [-0.4, -0.2) is 0 Å². The van der Waals surface area contributed by atoms with Gasteiger partial charge in [0.05, 0.1) is 0 Å². The Morgan fingerprint density at radius 1 is 0.950 bits per heavy atom. The van der Waals surface area contributed by atoms with Crippen molar-refractivity contribution < 1.29 is 13.2 Å². The summed E-state index contributed by atoms with van der Waals surface area (Å²) in [6, 6.07) is 11.7. The third-order valence-electron chi connectivity index (χ3n) is 3.32. The summed E-state index contributed by atoms with van der Waals surface area (Å²) in [5.41, 5.74) is 2.54. The van der Waals surface area contributed by atoms with Gasteiger partial charge in [-0.15, -0.1) is 0 Å². The number of fused-ring (bicyclic) bond motifs is 1. The molecule has 0 spiro atoms. The van der Waals surface area contributed by atoms with Crippen molar-refractivity contribution in [2.45, 2.75) is 19.8 Å². The molecule has 1 aromatic heterocycles. The van der Waals surface area contributed by atoms with Crippen molar-refractivity contribution in [3.05, 3.63) is 59.7 Å². The van der Waals surface area contributed by atoms with Crippen molar-refractivity contribution in [2.24, 2.45) is 0 Å². The number of hydrogen-bond acceptors (Lipinski definition) is 1. The molecule has 3 aromatic rings. The van der Waals surface area contributed by atoms with Gasteiger partial charge in [0.15, 0.2) is 11.6 Å². The highest BCUT2D eigenvalue weighted by atomic mass is 19.2. The highest BCUT2D eigenvalue weighted by molar-refractivity contribution is 5.83. The molecular weight excluding hydrogens is 258 g/mol. The smallest absolute Gasteiger partial charge is 0.159 e. The van der Waals surface area contributed by atoms with E-state index in [0.717, 1.165) is 35.9 Å². The van der Waals surface area contributed by atoms with Gasteiger partial charge in [-0.05, 0) is 48.4 Å². The Kier molecular flexibility index (Phi) is 3.26. The Labute approximate surface area is 115 Å². The molecule has 0 aliphatic rings. The van der Waals surface area contributed by atoms with Crippen LogP contribution in [0.4, 0.5) is 8.78 Å². The lowest BCUT2D eigenvalue weighted by Crippen LogP contribution is -1.83. The van der Waals surface area contributed by atoms with Crippen molar-refractivity contribution in [1.82, 2.24) is 0 Å². The van der Waals surface area contributed by atoms with Gasteiger partial charge < -0.3 is 4.42 Å². The standard InChI is InChI=1S/C17H14F2O/c1-2-3-11-4-7-16-13(8-11)10-17(20-16)12-5-6-14(18)15(19)9-12/h4-10H,2-3H2,1H3. The molecule has 0 bridgehead atoms. The minimum Gasteiger partial charge on any atom is -0.456 e. The van der Waals surface area contributed by atoms with Crippen molar-refractivity contribution in [3.8, 4) is 11.3 Å². The van der Waals surface area contributed by atoms with Gasteiger partial charge in [-0.1, -0.05) is 19.4 Å². The van der Waals surface area contributed by atoms with E-state index in [9.17, 15) is 8.78 Å². The minimum atomic E-state index is -0.866. The zero-order valence-corrected chi connectivity index (χ0v) is 11.1. The highest BCUT2D eigenvalue weighted by Crippen LogP contribution is 2.29. The quantitative estimate of drug-likeness (QED) is 0.628. The molecule has 0 aliphatic heterocycles. The van der Waals surface area contributed by atoms with Crippen LogP contribution < -0.4 is 0 Å². The normalized spacial score (nSPS) is 11.2. The summed E-state index contributed by atoms with van der Waals surface area (Å²) in [7, 11) is 0. The molecule has 0 saturated heterocycles. The first-order valence-corrected chi connectivity index (χ1v) is 6.65. The number of benzene rings is 2. The average molecular weight is 272 g/mol. The molecule has 0 radical (unpaired) electrons. The van der Waals surface area contributed by atoms with E-state index in [1.165, 1.54) is 11.6 Å². The van der Waals surface area contributed by atoms with Gasteiger partial charge in [0.2, 0.25) is 0 Å². The van der Waals surface area contributed by atoms with Crippen LogP contribution in [0.25, 0.3) is 22.3 Å². The van der Waals surface area contributed by atoms with Gasteiger partial charge in [0.1, 0.15) is 11.3 Å². The second-order valence-corrected chi connectivity index (χ2v) is 4.86. The Morgan fingerprint density at radius 3 is 2.55 bits per heavy atom. The molecule has 20 heavy (non-hydrogen) atoms. The van der Waals surface area contributed by atoms with Gasteiger partial charge in [0.25, 0.3) is 0 Å². The lowest BCUT2D eigenvalue weighted by Gasteiger charge is -1.97. The predicted octanol–water partition coefficient (Wildman–Crippen LogP) is 5.33. The zero-order valence-electron chi connectivity index (χ0n) is 11.1. The molecule has 3 rings (SSSR count). The molecule has 0 aliphatic carbocycles. The second kappa shape index (κ2) is 5.08. The Balaban J connectivity index is 2.05. The summed E-state index contributed by atoms with van der Waals surface area (Å²) in [4.78, 5) is 0. The molecular formula is C17H14F2O. The Hall–Kier alpha value is -2.16. The average Bonchev–Trinajstić information content (AvgIpc) is 2.85. The van der Waals surface area contributed by atoms with Crippen molar-refractivity contribution >= 4 is 11.0 Å². The van der Waals surface area contributed by atoms with Crippen molar-refractivity contribution in [2.75, 3.05) is 0 Å². The third kappa shape index (κ3) is 2.31. The van der Waals surface area contributed by atoms with Gasteiger partial charge in [0, 0.05) is 10.9 Å². The molecule has 1 heterocycles. The fourth-order valence-electron chi connectivity index (χ4n) is 2.33. The lowest BCUT2D eigenvalue weighted by atomic mass is 10.1. The number of aryl methyl sites for hydroxylation is 1. The van der Waals surface area contributed by atoms with E-state index in [0.29, 0.717) is 11.3 Å². The largest absolute Gasteiger partial charge is 0.456 e. The first-order chi connectivity index (χ1) is 9.67. The van der Waals surface area contributed by atoms with Crippen molar-refractivity contribution in [1.29, 1.82) is 0 Å². The third-order valence-corrected chi connectivity index (χ3v) is 3.32. The molecule has 1 nitrogen and oxygen atoms in total. The van der Waals surface area contributed by atoms with E-state index in [1.54, 1.807) is 0 Å². The van der Waals surface area contributed by atoms with Crippen LogP contribution in [0.1, 0.15) is 18.9 Å². The molecule has 0 N–H and O–H groups in total. The SMILES string of the molecule is CCCc1ccc2oc(-c3ccc(F)c(F)c3)cc2c1. The number of halogens is 2. The summed E-state index contributed by atoms with van der Waals surface area (Å²) in [5, 5.41) is 0.982. The molecule has 0 amide bonds. The Morgan fingerprint density at radius 2 is 1.80 bits per heavy atom. The van der Waals surface area contributed by atoms with Gasteiger partial charge in [-0.25, -0.2) is 8.78 Å². The number of furan rings is 1. The fourth-order valence-corrected chi connectivity index (χ4v) is 2.33. The monoisotopic (exact) mass is 272 g/mol. The van der Waals surface area contributed by atoms with Crippen molar-refractivity contribution in [3.63, 3.8) is 0 Å². The second-order valence-electron chi connectivity index (χ2n) is 4.86. The predicted molar refractivity (Wildman–Crippen MR) is 75.6 cm³/mol. The highest BCUT2D eigenvalue weighted by Gasteiger charge is 2.09. The summed E-state index contributed by atoms with van der Waals surface area (Å²) in [6.45, 7) is 2.13. The maximum Gasteiger partial charge on any atom is 0.159 e. The first-order valence-electron chi connectivity index (χ1n) is 6.65. The molecule has 0 atom stereocenters. The fraction of sp³-hybridized carbons (Fsp3) is 0.176. The van der Waals surface area contributed by atoms with Crippen LogP contribution in [0.3, 0.4) is 0 Å². The topological polar surface area (TPSA) is 13.1 Å². The summed E-state index contributed by atoms with van der Waals surface area (Å²) < 4.78 is 31.9. The molecule has 102 valence electrons. The van der Waals surface area contributed by atoms with E-state index in [2.05, 4.69) is 13.0 Å². The maximum atomic E-state index is 13.3. The summed E-state index contributed by atoms with van der Waals surface area (Å²) in [6.07, 6.45) is 2.10. The molecule has 2 aromatic carbocycles. The zero-order chi connectivity index (χ0) is 14.1. The molecule has 0 saturated carbocycles. The van der Waals surface area contributed by atoms with Gasteiger partial charge in [-0.3, -0.25) is 0 Å². The van der Waals surface area contributed by atoms with E-state index in [1.807, 2.05) is 18.2 Å². The van der Waals surface area contributed by atoms with E-state index in [-0.39, 0.29) is 0 Å². The van der Waals surface area contributed by atoms with Gasteiger partial charge in [-0.2, -0.15) is 0 Å². The molecule has 0 unspecified atom stereocenters. The van der Waals surface area contributed by atoms with Crippen LogP contribution in [0, 0.1) is 11.6 Å². The van der Waals surface area contributed by atoms with Crippen LogP contribution in [-0.2, 0) is 6.42 Å². The van der Waals surface area contributed by atoms with Crippen LogP contribution >= 0.6 is 0 Å². The lowest BCUT2D eigenvalue weighted by molar-refractivity contribution is 0.508. The van der Waals surface area contributed by atoms with Crippen LogP contribution in [0.2, 0.25) is 0 Å².